The smallest absolute Gasteiger partial charge is 0.0361 e. The van der Waals surface area contributed by atoms with Gasteiger partial charge in [-0.25, -0.2) is 0 Å². The SMILES string of the molecule is c1ccc(-c2ccc3c(c2)sc2cc(-c4ccccc4)ccc23)cc1. The Morgan fingerprint density at radius 1 is 0.400 bits per heavy atom. The Bertz CT molecular complexity index is 1070. The number of rotatable bonds is 2. The lowest BCUT2D eigenvalue weighted by Crippen LogP contribution is -1.77. The maximum Gasteiger partial charge on any atom is 0.0361 e. The quantitative estimate of drug-likeness (QED) is 0.315. The molecule has 1 aromatic heterocycles. The number of thiophene rings is 1. The van der Waals surface area contributed by atoms with Gasteiger partial charge in [0.15, 0.2) is 0 Å². The normalized spacial score (nSPS) is 11.2. The summed E-state index contributed by atoms with van der Waals surface area (Å²) in [6.07, 6.45) is 0. The average Bonchev–Trinajstić information content (AvgIpc) is 3.06. The Hall–Kier alpha value is -2.90. The van der Waals surface area contributed by atoms with Gasteiger partial charge in [0.25, 0.3) is 0 Å². The van der Waals surface area contributed by atoms with Gasteiger partial charge in [-0.2, -0.15) is 0 Å². The van der Waals surface area contributed by atoms with Crippen molar-refractivity contribution in [1.82, 2.24) is 0 Å². The molecule has 1 heterocycles. The van der Waals surface area contributed by atoms with Crippen molar-refractivity contribution >= 4 is 31.5 Å². The van der Waals surface area contributed by atoms with Gasteiger partial charge in [-0.1, -0.05) is 84.9 Å². The van der Waals surface area contributed by atoms with Crippen LogP contribution in [0, 0.1) is 0 Å². The molecule has 0 fully saturated rings. The van der Waals surface area contributed by atoms with Gasteiger partial charge in [0.1, 0.15) is 0 Å². The highest BCUT2D eigenvalue weighted by molar-refractivity contribution is 7.25. The lowest BCUT2D eigenvalue weighted by Gasteiger charge is -2.02. The second kappa shape index (κ2) is 5.87. The summed E-state index contributed by atoms with van der Waals surface area (Å²) in [6, 6.07) is 34.8. The molecule has 0 amide bonds. The third-order valence-corrected chi connectivity index (χ3v) is 5.80. The molecule has 0 atom stereocenters. The lowest BCUT2D eigenvalue weighted by atomic mass is 10.0. The number of hydrogen-bond donors (Lipinski definition) is 0. The molecule has 0 N–H and O–H groups in total. The van der Waals surface area contributed by atoms with Gasteiger partial charge in [-0.15, -0.1) is 11.3 Å². The van der Waals surface area contributed by atoms with Crippen molar-refractivity contribution < 1.29 is 0 Å². The van der Waals surface area contributed by atoms with Crippen LogP contribution < -0.4 is 0 Å². The van der Waals surface area contributed by atoms with Crippen LogP contribution in [0.3, 0.4) is 0 Å². The zero-order chi connectivity index (χ0) is 16.6. The molecule has 5 aromatic rings. The van der Waals surface area contributed by atoms with Gasteiger partial charge >= 0.3 is 0 Å². The molecule has 0 bridgehead atoms. The standard InChI is InChI=1S/C24H16S/c1-3-7-17(8-4-1)19-11-13-21-22-14-12-20(18-9-5-2-6-10-18)16-24(22)25-23(21)15-19/h1-16H. The molecule has 0 saturated heterocycles. The Morgan fingerprint density at radius 3 is 1.28 bits per heavy atom. The Kier molecular flexibility index (Phi) is 3.39. The highest BCUT2D eigenvalue weighted by atomic mass is 32.1. The van der Waals surface area contributed by atoms with Gasteiger partial charge in [0.05, 0.1) is 0 Å². The third kappa shape index (κ3) is 2.54. The molecule has 0 radical (unpaired) electrons. The summed E-state index contributed by atoms with van der Waals surface area (Å²) in [7, 11) is 0. The van der Waals surface area contributed by atoms with E-state index < -0.39 is 0 Å². The van der Waals surface area contributed by atoms with Crippen molar-refractivity contribution in [3.05, 3.63) is 97.1 Å². The monoisotopic (exact) mass is 336 g/mol. The molecule has 0 nitrogen and oxygen atoms in total. The van der Waals surface area contributed by atoms with E-state index in [1.165, 1.54) is 42.4 Å². The summed E-state index contributed by atoms with van der Waals surface area (Å²) in [5, 5.41) is 2.69. The molecule has 5 rings (SSSR count). The van der Waals surface area contributed by atoms with E-state index in [9.17, 15) is 0 Å². The van der Waals surface area contributed by atoms with E-state index in [0.29, 0.717) is 0 Å². The van der Waals surface area contributed by atoms with Gasteiger partial charge in [0, 0.05) is 20.2 Å². The van der Waals surface area contributed by atoms with Gasteiger partial charge in [-0.05, 0) is 34.4 Å². The van der Waals surface area contributed by atoms with Gasteiger partial charge < -0.3 is 0 Å². The molecule has 0 spiro atoms. The molecule has 1 heteroatoms. The largest absolute Gasteiger partial charge is 0.135 e. The van der Waals surface area contributed by atoms with E-state index in [2.05, 4.69) is 97.1 Å². The third-order valence-electron chi connectivity index (χ3n) is 4.69. The zero-order valence-electron chi connectivity index (χ0n) is 13.6. The van der Waals surface area contributed by atoms with E-state index in [-0.39, 0.29) is 0 Å². The van der Waals surface area contributed by atoms with Crippen molar-refractivity contribution in [3.63, 3.8) is 0 Å². The van der Waals surface area contributed by atoms with E-state index in [1.807, 2.05) is 11.3 Å². The first-order valence-electron chi connectivity index (χ1n) is 8.46. The second-order valence-corrected chi connectivity index (χ2v) is 7.34. The fraction of sp³-hybridized carbons (Fsp3) is 0. The van der Waals surface area contributed by atoms with Crippen LogP contribution in [0.2, 0.25) is 0 Å². The summed E-state index contributed by atoms with van der Waals surface area (Å²) in [5.74, 6) is 0. The summed E-state index contributed by atoms with van der Waals surface area (Å²) >= 11 is 1.88. The van der Waals surface area contributed by atoms with Crippen LogP contribution in [-0.2, 0) is 0 Å². The molecule has 0 saturated carbocycles. The molecule has 25 heavy (non-hydrogen) atoms. The minimum absolute atomic E-state index is 1.27. The molecule has 4 aromatic carbocycles. The predicted molar refractivity (Wildman–Crippen MR) is 110 cm³/mol. The van der Waals surface area contributed by atoms with E-state index in [0.717, 1.165) is 0 Å². The number of fused-ring (bicyclic) bond motifs is 3. The lowest BCUT2D eigenvalue weighted by molar-refractivity contribution is 1.65. The Balaban J connectivity index is 1.67. The Morgan fingerprint density at radius 2 is 0.840 bits per heavy atom. The average molecular weight is 336 g/mol. The van der Waals surface area contributed by atoms with Crippen LogP contribution in [0.15, 0.2) is 97.1 Å². The first-order valence-corrected chi connectivity index (χ1v) is 9.27. The number of hydrogen-bond acceptors (Lipinski definition) is 1. The summed E-state index contributed by atoms with van der Waals surface area (Å²) in [4.78, 5) is 0. The summed E-state index contributed by atoms with van der Waals surface area (Å²) in [5.41, 5.74) is 5.10. The van der Waals surface area contributed by atoms with Crippen molar-refractivity contribution in [1.29, 1.82) is 0 Å². The fourth-order valence-corrected chi connectivity index (χ4v) is 4.58. The van der Waals surface area contributed by atoms with Crippen LogP contribution in [0.5, 0.6) is 0 Å². The van der Waals surface area contributed by atoms with Crippen LogP contribution in [0.4, 0.5) is 0 Å². The maximum absolute atomic E-state index is 2.32. The first-order chi connectivity index (χ1) is 12.4. The van der Waals surface area contributed by atoms with E-state index >= 15 is 0 Å². The molecule has 0 unspecified atom stereocenters. The van der Waals surface area contributed by atoms with Crippen molar-refractivity contribution in [2.45, 2.75) is 0 Å². The molecular weight excluding hydrogens is 320 g/mol. The molecular formula is C24H16S. The highest BCUT2D eigenvalue weighted by Gasteiger charge is 2.08. The van der Waals surface area contributed by atoms with Crippen molar-refractivity contribution in [2.24, 2.45) is 0 Å². The van der Waals surface area contributed by atoms with Crippen LogP contribution >= 0.6 is 11.3 Å². The van der Waals surface area contributed by atoms with E-state index in [4.69, 9.17) is 0 Å². The number of benzene rings is 4. The van der Waals surface area contributed by atoms with Crippen LogP contribution in [0.25, 0.3) is 42.4 Å². The second-order valence-electron chi connectivity index (χ2n) is 6.26. The van der Waals surface area contributed by atoms with Gasteiger partial charge in [0.2, 0.25) is 0 Å². The van der Waals surface area contributed by atoms with Crippen LogP contribution in [0.1, 0.15) is 0 Å². The topological polar surface area (TPSA) is 0 Å². The minimum Gasteiger partial charge on any atom is -0.135 e. The predicted octanol–water partition coefficient (Wildman–Crippen LogP) is 7.39. The Labute approximate surface area is 151 Å². The molecule has 0 aliphatic rings. The molecule has 0 aliphatic carbocycles. The maximum atomic E-state index is 2.32. The van der Waals surface area contributed by atoms with Crippen LogP contribution in [-0.4, -0.2) is 0 Å². The highest BCUT2D eigenvalue weighted by Crippen LogP contribution is 2.38. The van der Waals surface area contributed by atoms with Crippen molar-refractivity contribution in [2.75, 3.05) is 0 Å². The van der Waals surface area contributed by atoms with Crippen molar-refractivity contribution in [3.8, 4) is 22.3 Å². The summed E-state index contributed by atoms with van der Waals surface area (Å²) in [6.45, 7) is 0. The molecule has 0 aliphatic heterocycles. The fourth-order valence-electron chi connectivity index (χ4n) is 3.40. The molecule has 118 valence electrons. The van der Waals surface area contributed by atoms with Gasteiger partial charge in [-0.3, -0.25) is 0 Å². The zero-order valence-corrected chi connectivity index (χ0v) is 14.5. The summed E-state index contributed by atoms with van der Waals surface area (Å²) < 4.78 is 2.70. The van der Waals surface area contributed by atoms with E-state index in [1.54, 1.807) is 0 Å². The first kappa shape index (κ1) is 14.4. The minimum atomic E-state index is 1.27.